The molecule has 0 aliphatic carbocycles. The molecule has 8 nitrogen and oxygen atoms in total. The first kappa shape index (κ1) is 30.4. The molecule has 0 heterocycles. The third-order valence-electron chi connectivity index (χ3n) is 5.64. The summed E-state index contributed by atoms with van der Waals surface area (Å²) >= 11 is 13.4. The fraction of sp³-hybridized carbons (Fsp3) is 0.0323. The predicted molar refractivity (Wildman–Crippen MR) is 166 cm³/mol. The van der Waals surface area contributed by atoms with Crippen molar-refractivity contribution in [3.05, 3.63) is 129 Å². The van der Waals surface area contributed by atoms with E-state index in [9.17, 15) is 19.2 Å². The normalized spacial score (nSPS) is 11.0. The molecule has 0 atom stereocenters. The second-order valence-corrected chi connectivity index (χ2v) is 10.6. The molecule has 0 aliphatic rings. The van der Waals surface area contributed by atoms with Crippen LogP contribution in [0.3, 0.4) is 0 Å². The van der Waals surface area contributed by atoms with Gasteiger partial charge in [-0.2, -0.15) is 0 Å². The maximum Gasteiger partial charge on any atom is 0.335 e. The van der Waals surface area contributed by atoms with Gasteiger partial charge in [0.2, 0.25) is 5.91 Å². The minimum absolute atomic E-state index is 0.00190. The highest BCUT2D eigenvalue weighted by Gasteiger charge is 2.16. The van der Waals surface area contributed by atoms with Crippen molar-refractivity contribution in [2.24, 2.45) is 0 Å². The smallest absolute Gasteiger partial charge is 0.335 e. The highest BCUT2D eigenvalue weighted by molar-refractivity contribution is 8.00. The van der Waals surface area contributed by atoms with Crippen LogP contribution in [0.25, 0.3) is 6.08 Å². The van der Waals surface area contributed by atoms with Crippen LogP contribution in [-0.2, 0) is 9.59 Å². The summed E-state index contributed by atoms with van der Waals surface area (Å²) in [7, 11) is 0. The van der Waals surface area contributed by atoms with Crippen molar-refractivity contribution in [1.29, 1.82) is 0 Å². The van der Waals surface area contributed by atoms with Gasteiger partial charge in [0.15, 0.2) is 0 Å². The number of rotatable bonds is 10. The van der Waals surface area contributed by atoms with Crippen LogP contribution >= 0.6 is 35.0 Å². The van der Waals surface area contributed by atoms with E-state index in [4.69, 9.17) is 28.3 Å². The van der Waals surface area contributed by atoms with Crippen molar-refractivity contribution in [3.63, 3.8) is 0 Å². The summed E-state index contributed by atoms with van der Waals surface area (Å²) in [6.45, 7) is 0. The maximum atomic E-state index is 13.3. The lowest BCUT2D eigenvalue weighted by molar-refractivity contribution is -0.114. The number of nitrogens with one attached hydrogen (secondary N) is 3. The monoisotopic (exact) mass is 619 g/mol. The number of thioether (sulfide) groups is 1. The van der Waals surface area contributed by atoms with E-state index in [1.807, 2.05) is 0 Å². The number of aromatic carboxylic acids is 1. The van der Waals surface area contributed by atoms with Crippen LogP contribution in [0.1, 0.15) is 26.3 Å². The lowest BCUT2D eigenvalue weighted by Crippen LogP contribution is -2.30. The summed E-state index contributed by atoms with van der Waals surface area (Å²) in [5, 5.41) is 17.9. The highest BCUT2D eigenvalue weighted by Crippen LogP contribution is 2.26. The van der Waals surface area contributed by atoms with Gasteiger partial charge in [0.05, 0.1) is 22.0 Å². The summed E-state index contributed by atoms with van der Waals surface area (Å²) in [5.41, 5.74) is 1.63. The summed E-state index contributed by atoms with van der Waals surface area (Å²) in [5.74, 6) is -2.55. The van der Waals surface area contributed by atoms with Gasteiger partial charge in [0, 0.05) is 21.2 Å². The Bertz CT molecular complexity index is 1680. The first-order chi connectivity index (χ1) is 20.2. The number of hydrogen-bond acceptors (Lipinski definition) is 5. The highest BCUT2D eigenvalue weighted by atomic mass is 35.5. The van der Waals surface area contributed by atoms with Crippen LogP contribution in [0.2, 0.25) is 10.0 Å². The van der Waals surface area contributed by atoms with Gasteiger partial charge in [-0.25, -0.2) is 4.79 Å². The predicted octanol–water partition coefficient (Wildman–Crippen LogP) is 6.83. The molecule has 0 unspecified atom stereocenters. The number of carboxylic acid groups (broad SMARTS) is 1. The summed E-state index contributed by atoms with van der Waals surface area (Å²) in [4.78, 5) is 50.6. The average Bonchev–Trinajstić information content (AvgIpc) is 2.97. The fourth-order valence-electron chi connectivity index (χ4n) is 3.66. The Morgan fingerprint density at radius 2 is 1.55 bits per heavy atom. The van der Waals surface area contributed by atoms with E-state index in [1.165, 1.54) is 36.0 Å². The first-order valence-corrected chi connectivity index (χ1v) is 14.1. The molecule has 212 valence electrons. The molecular weight excluding hydrogens is 597 g/mol. The molecular formula is C31H23Cl2N3O5S. The molecule has 3 amide bonds. The largest absolute Gasteiger partial charge is 0.478 e. The van der Waals surface area contributed by atoms with Crippen LogP contribution < -0.4 is 16.0 Å². The van der Waals surface area contributed by atoms with Gasteiger partial charge in [0.1, 0.15) is 5.70 Å². The quantitative estimate of drug-likeness (QED) is 0.114. The SMILES string of the molecule is O=C(CSc1cccc(NC(=O)/C(=C/c2cccc(Cl)c2)NC(=O)c2ccccc2)c1)Nc1cc(C(=O)O)ccc1Cl. The van der Waals surface area contributed by atoms with Crippen molar-refractivity contribution in [3.8, 4) is 0 Å². The van der Waals surface area contributed by atoms with Crippen molar-refractivity contribution >= 4 is 76.1 Å². The molecule has 4 rings (SSSR count). The minimum Gasteiger partial charge on any atom is -0.478 e. The van der Waals surface area contributed by atoms with Crippen LogP contribution in [0, 0.1) is 0 Å². The van der Waals surface area contributed by atoms with E-state index in [-0.39, 0.29) is 27.7 Å². The van der Waals surface area contributed by atoms with Crippen LogP contribution in [-0.4, -0.2) is 34.6 Å². The van der Waals surface area contributed by atoms with Gasteiger partial charge in [-0.05, 0) is 72.3 Å². The van der Waals surface area contributed by atoms with Crippen LogP contribution in [0.15, 0.2) is 108 Å². The maximum absolute atomic E-state index is 13.3. The zero-order valence-corrected chi connectivity index (χ0v) is 24.1. The Hall–Kier alpha value is -4.57. The molecule has 0 aliphatic heterocycles. The number of benzene rings is 4. The van der Waals surface area contributed by atoms with E-state index in [0.29, 0.717) is 26.7 Å². The summed E-state index contributed by atoms with van der Waals surface area (Å²) in [6.07, 6.45) is 1.52. The van der Waals surface area contributed by atoms with E-state index in [1.54, 1.807) is 78.9 Å². The second-order valence-electron chi connectivity index (χ2n) is 8.75. The Morgan fingerprint density at radius 3 is 2.29 bits per heavy atom. The van der Waals surface area contributed by atoms with Crippen LogP contribution in [0.4, 0.5) is 11.4 Å². The summed E-state index contributed by atoms with van der Waals surface area (Å²) in [6, 6.07) is 26.2. The molecule has 0 aromatic heterocycles. The zero-order chi connectivity index (χ0) is 30.1. The number of anilines is 2. The third-order valence-corrected chi connectivity index (χ3v) is 7.20. The van der Waals surface area contributed by atoms with Gasteiger partial charge in [-0.1, -0.05) is 59.6 Å². The van der Waals surface area contributed by atoms with Crippen molar-refractivity contribution < 1.29 is 24.3 Å². The van der Waals surface area contributed by atoms with E-state index in [2.05, 4.69) is 16.0 Å². The molecule has 0 fully saturated rings. The van der Waals surface area contributed by atoms with Gasteiger partial charge < -0.3 is 21.1 Å². The number of halogens is 2. The zero-order valence-electron chi connectivity index (χ0n) is 21.8. The molecule has 11 heteroatoms. The number of hydrogen-bond donors (Lipinski definition) is 4. The Kier molecular flexibility index (Phi) is 10.4. The molecule has 0 saturated heterocycles. The average molecular weight is 621 g/mol. The van der Waals surface area contributed by atoms with Crippen LogP contribution in [0.5, 0.6) is 0 Å². The molecule has 0 bridgehead atoms. The molecule has 0 radical (unpaired) electrons. The van der Waals surface area contributed by atoms with Crippen molar-refractivity contribution in [2.45, 2.75) is 4.90 Å². The number of amides is 3. The van der Waals surface area contributed by atoms with Gasteiger partial charge in [-0.3, -0.25) is 14.4 Å². The summed E-state index contributed by atoms with van der Waals surface area (Å²) < 4.78 is 0. The first-order valence-electron chi connectivity index (χ1n) is 12.4. The molecule has 0 saturated carbocycles. The second kappa shape index (κ2) is 14.4. The van der Waals surface area contributed by atoms with E-state index >= 15 is 0 Å². The van der Waals surface area contributed by atoms with E-state index < -0.39 is 23.7 Å². The third kappa shape index (κ3) is 8.71. The van der Waals surface area contributed by atoms with Crippen molar-refractivity contribution in [1.82, 2.24) is 5.32 Å². The number of carbonyl (C=O) groups is 4. The minimum atomic E-state index is -1.14. The van der Waals surface area contributed by atoms with Gasteiger partial charge in [0.25, 0.3) is 11.8 Å². The van der Waals surface area contributed by atoms with Gasteiger partial charge in [-0.15, -0.1) is 11.8 Å². The topological polar surface area (TPSA) is 125 Å². The molecule has 4 aromatic rings. The number of carboxylic acids is 1. The molecule has 42 heavy (non-hydrogen) atoms. The van der Waals surface area contributed by atoms with E-state index in [0.717, 1.165) is 0 Å². The fourth-order valence-corrected chi connectivity index (χ4v) is 4.78. The Balaban J connectivity index is 1.45. The van der Waals surface area contributed by atoms with Gasteiger partial charge >= 0.3 is 5.97 Å². The number of carbonyl (C=O) groups excluding carboxylic acids is 3. The lowest BCUT2D eigenvalue weighted by Gasteiger charge is -2.12. The Labute approximate surface area is 255 Å². The lowest BCUT2D eigenvalue weighted by atomic mass is 10.1. The standard InChI is InChI=1S/C31H23Cl2N3O5S/c32-22-9-4-6-19(14-22)15-27(36-29(38)20-7-2-1-3-8-20)30(39)34-23-10-5-11-24(17-23)42-18-28(37)35-26-16-21(31(40)41)12-13-25(26)33/h1-17H,18H2,(H,34,39)(H,35,37)(H,36,38)(H,40,41)/b27-15-. The molecule has 0 spiro atoms. The molecule has 4 aromatic carbocycles. The Morgan fingerprint density at radius 1 is 0.786 bits per heavy atom. The van der Waals surface area contributed by atoms with Crippen molar-refractivity contribution in [2.75, 3.05) is 16.4 Å². The molecule has 4 N–H and O–H groups in total.